The third-order valence-electron chi connectivity index (χ3n) is 5.04. The fourth-order valence-electron chi connectivity index (χ4n) is 3.47. The van der Waals surface area contributed by atoms with Crippen LogP contribution in [0.3, 0.4) is 0 Å². The summed E-state index contributed by atoms with van der Waals surface area (Å²) in [5.41, 5.74) is 0.435. The number of methoxy groups -OCH3 is 1. The predicted octanol–water partition coefficient (Wildman–Crippen LogP) is 2.03. The lowest BCUT2D eigenvalue weighted by molar-refractivity contribution is -0.384. The number of nitrogens with zero attached hydrogens (tertiary/aromatic N) is 2. The van der Waals surface area contributed by atoms with E-state index in [1.807, 2.05) is 0 Å². The summed E-state index contributed by atoms with van der Waals surface area (Å²) in [6, 6.07) is 10.8. The Balaban J connectivity index is 2.05. The monoisotopic (exact) mass is 442 g/mol. The highest BCUT2D eigenvalue weighted by Crippen LogP contribution is 2.39. The number of rotatable bonds is 9. The number of carbonyl (C=O) groups excluding carboxylic acids is 2. The van der Waals surface area contributed by atoms with Crippen LogP contribution in [0.2, 0.25) is 0 Å². The van der Waals surface area contributed by atoms with Gasteiger partial charge in [-0.05, 0) is 29.8 Å². The minimum absolute atomic E-state index is 0.0539. The molecule has 1 atom stereocenters. The van der Waals surface area contributed by atoms with Gasteiger partial charge in [-0.3, -0.25) is 19.7 Å². The quantitative estimate of drug-likeness (QED) is 0.150. The fourth-order valence-corrected chi connectivity index (χ4v) is 3.47. The Bertz CT molecular complexity index is 1030. The zero-order valence-corrected chi connectivity index (χ0v) is 17.3. The third-order valence-corrected chi connectivity index (χ3v) is 5.04. The first-order chi connectivity index (χ1) is 15.4. The SMILES string of the molecule is COc1ccc(C2/C(=C(\O)c3ccc([N+](=O)[O-])cc3)C(=O)C(=O)N2CCOCCO)cc1. The predicted molar refractivity (Wildman–Crippen MR) is 113 cm³/mol. The van der Waals surface area contributed by atoms with Crippen LogP contribution >= 0.6 is 0 Å². The van der Waals surface area contributed by atoms with E-state index in [0.29, 0.717) is 11.3 Å². The van der Waals surface area contributed by atoms with Crippen molar-refractivity contribution in [1.29, 1.82) is 0 Å². The average molecular weight is 442 g/mol. The lowest BCUT2D eigenvalue weighted by Gasteiger charge is -2.25. The van der Waals surface area contributed by atoms with Crippen LogP contribution in [-0.2, 0) is 14.3 Å². The second kappa shape index (κ2) is 10.0. The highest BCUT2D eigenvalue weighted by atomic mass is 16.6. The van der Waals surface area contributed by atoms with E-state index in [0.717, 1.165) is 0 Å². The van der Waals surface area contributed by atoms with Gasteiger partial charge in [-0.25, -0.2) is 0 Å². The number of aliphatic hydroxyl groups excluding tert-OH is 2. The number of non-ortho nitro benzene ring substituents is 1. The molecule has 1 unspecified atom stereocenters. The van der Waals surface area contributed by atoms with E-state index in [9.17, 15) is 24.8 Å². The highest BCUT2D eigenvalue weighted by Gasteiger charge is 2.45. The Morgan fingerprint density at radius 1 is 1.09 bits per heavy atom. The van der Waals surface area contributed by atoms with Gasteiger partial charge >= 0.3 is 0 Å². The molecule has 1 aliphatic rings. The molecule has 2 aromatic carbocycles. The molecular formula is C22H22N2O8. The molecule has 0 saturated carbocycles. The van der Waals surface area contributed by atoms with Crippen molar-refractivity contribution in [3.8, 4) is 5.75 Å². The molecule has 0 radical (unpaired) electrons. The van der Waals surface area contributed by atoms with Crippen LogP contribution in [-0.4, -0.2) is 65.2 Å². The Labute approximate surface area is 183 Å². The molecule has 168 valence electrons. The van der Waals surface area contributed by atoms with Gasteiger partial charge in [-0.1, -0.05) is 12.1 Å². The molecule has 1 saturated heterocycles. The molecule has 1 amide bonds. The Morgan fingerprint density at radius 2 is 1.75 bits per heavy atom. The molecule has 1 fully saturated rings. The lowest BCUT2D eigenvalue weighted by Crippen LogP contribution is -2.33. The van der Waals surface area contributed by atoms with E-state index in [1.165, 1.54) is 36.3 Å². The summed E-state index contributed by atoms with van der Waals surface area (Å²) in [6.45, 7) is 0.0386. The second-order valence-corrected chi connectivity index (χ2v) is 6.91. The van der Waals surface area contributed by atoms with Crippen molar-refractivity contribution in [2.45, 2.75) is 6.04 Å². The number of nitro groups is 1. The molecule has 0 aromatic heterocycles. The van der Waals surface area contributed by atoms with Crippen LogP contribution in [0.25, 0.3) is 5.76 Å². The first-order valence-electron chi connectivity index (χ1n) is 9.74. The normalized spacial score (nSPS) is 17.6. The molecular weight excluding hydrogens is 420 g/mol. The number of nitro benzene ring substituents is 1. The molecule has 2 N–H and O–H groups in total. The van der Waals surface area contributed by atoms with E-state index < -0.39 is 28.4 Å². The summed E-state index contributed by atoms with van der Waals surface area (Å²) < 4.78 is 10.4. The largest absolute Gasteiger partial charge is 0.507 e. The van der Waals surface area contributed by atoms with E-state index in [2.05, 4.69) is 0 Å². The van der Waals surface area contributed by atoms with Crippen molar-refractivity contribution in [2.75, 3.05) is 33.5 Å². The van der Waals surface area contributed by atoms with E-state index in [1.54, 1.807) is 24.3 Å². The zero-order valence-electron chi connectivity index (χ0n) is 17.3. The van der Waals surface area contributed by atoms with Gasteiger partial charge in [0.2, 0.25) is 0 Å². The maximum atomic E-state index is 12.9. The van der Waals surface area contributed by atoms with E-state index in [-0.39, 0.29) is 43.2 Å². The number of ketones is 1. The summed E-state index contributed by atoms with van der Waals surface area (Å²) in [6.07, 6.45) is 0. The maximum absolute atomic E-state index is 12.9. The van der Waals surface area contributed by atoms with E-state index >= 15 is 0 Å². The minimum Gasteiger partial charge on any atom is -0.507 e. The zero-order chi connectivity index (χ0) is 23.3. The molecule has 1 heterocycles. The van der Waals surface area contributed by atoms with Gasteiger partial charge in [0.1, 0.15) is 11.5 Å². The molecule has 0 spiro atoms. The number of carbonyl (C=O) groups is 2. The van der Waals surface area contributed by atoms with Gasteiger partial charge in [0.05, 0.1) is 43.5 Å². The molecule has 10 heteroatoms. The number of amides is 1. The Kier molecular flexibility index (Phi) is 7.18. The van der Waals surface area contributed by atoms with Crippen molar-refractivity contribution in [1.82, 2.24) is 4.90 Å². The van der Waals surface area contributed by atoms with Gasteiger partial charge in [-0.2, -0.15) is 0 Å². The van der Waals surface area contributed by atoms with Crippen LogP contribution in [0.5, 0.6) is 5.75 Å². The summed E-state index contributed by atoms with van der Waals surface area (Å²) in [7, 11) is 1.51. The maximum Gasteiger partial charge on any atom is 0.295 e. The van der Waals surface area contributed by atoms with Crippen molar-refractivity contribution >= 4 is 23.1 Å². The smallest absolute Gasteiger partial charge is 0.295 e. The van der Waals surface area contributed by atoms with Crippen molar-refractivity contribution < 1.29 is 34.2 Å². The summed E-state index contributed by atoms with van der Waals surface area (Å²) in [4.78, 5) is 37.3. The number of hydrogen-bond donors (Lipinski definition) is 2. The second-order valence-electron chi connectivity index (χ2n) is 6.91. The van der Waals surface area contributed by atoms with Crippen molar-refractivity contribution in [3.63, 3.8) is 0 Å². The molecule has 10 nitrogen and oxygen atoms in total. The number of benzene rings is 2. The summed E-state index contributed by atoms with van der Waals surface area (Å²) in [5.74, 6) is -1.53. The van der Waals surface area contributed by atoms with Gasteiger partial charge in [0, 0.05) is 24.2 Å². The third kappa shape index (κ3) is 4.61. The number of aliphatic hydroxyl groups is 2. The van der Waals surface area contributed by atoms with Gasteiger partial charge in [0.25, 0.3) is 17.4 Å². The highest BCUT2D eigenvalue weighted by molar-refractivity contribution is 6.46. The van der Waals surface area contributed by atoms with Crippen LogP contribution in [0.1, 0.15) is 17.2 Å². The number of ether oxygens (including phenoxy) is 2. The van der Waals surface area contributed by atoms with Gasteiger partial charge in [-0.15, -0.1) is 0 Å². The summed E-state index contributed by atoms with van der Waals surface area (Å²) >= 11 is 0. The van der Waals surface area contributed by atoms with Crippen LogP contribution < -0.4 is 4.74 Å². The summed E-state index contributed by atoms with van der Waals surface area (Å²) in [5, 5.41) is 30.7. The van der Waals surface area contributed by atoms with Gasteiger partial charge in [0.15, 0.2) is 0 Å². The minimum atomic E-state index is -0.895. The van der Waals surface area contributed by atoms with E-state index in [4.69, 9.17) is 14.6 Å². The standard InChI is InChI=1S/C22H22N2O8/c1-31-17-8-4-14(5-9-17)19-18(20(26)15-2-6-16(7-3-15)24(29)30)21(27)22(28)23(19)10-12-32-13-11-25/h2-9,19,25-26H,10-13H2,1H3/b20-18+. The topological polar surface area (TPSA) is 139 Å². The Hall–Kier alpha value is -3.76. The molecule has 32 heavy (non-hydrogen) atoms. The number of hydrogen-bond acceptors (Lipinski definition) is 8. The van der Waals surface area contributed by atoms with Crippen LogP contribution in [0.15, 0.2) is 54.1 Å². The molecule has 3 rings (SSSR count). The molecule has 2 aromatic rings. The van der Waals surface area contributed by atoms with Gasteiger partial charge < -0.3 is 24.6 Å². The van der Waals surface area contributed by atoms with Crippen molar-refractivity contribution in [3.05, 3.63) is 75.3 Å². The molecule has 1 aliphatic heterocycles. The Morgan fingerprint density at radius 3 is 2.31 bits per heavy atom. The average Bonchev–Trinajstić information content (AvgIpc) is 3.06. The first kappa shape index (κ1) is 22.9. The number of Topliss-reactive ketones (excluding diaryl/α,β-unsaturated/α-hetero) is 1. The van der Waals surface area contributed by atoms with Crippen LogP contribution in [0, 0.1) is 10.1 Å². The molecule has 0 aliphatic carbocycles. The molecule has 0 bridgehead atoms. The van der Waals surface area contributed by atoms with Crippen molar-refractivity contribution in [2.24, 2.45) is 0 Å². The number of likely N-dealkylation sites (tertiary alicyclic amines) is 1. The first-order valence-corrected chi connectivity index (χ1v) is 9.74. The fraction of sp³-hybridized carbons (Fsp3) is 0.273. The lowest BCUT2D eigenvalue weighted by atomic mass is 9.95. The van der Waals surface area contributed by atoms with Crippen LogP contribution in [0.4, 0.5) is 5.69 Å².